The van der Waals surface area contributed by atoms with Gasteiger partial charge >= 0.3 is 0 Å². The maximum atomic E-state index is 13.5. The molecule has 0 radical (unpaired) electrons. The molecule has 0 aromatic heterocycles. The van der Waals surface area contributed by atoms with Gasteiger partial charge < -0.3 is 0 Å². The zero-order valence-corrected chi connectivity index (χ0v) is 14.7. The van der Waals surface area contributed by atoms with E-state index in [1.807, 2.05) is 84.0 Å². The van der Waals surface area contributed by atoms with Gasteiger partial charge in [0.1, 0.15) is 0 Å². The van der Waals surface area contributed by atoms with Crippen LogP contribution in [0.4, 0.5) is 5.69 Å². The second kappa shape index (κ2) is 6.29. The fourth-order valence-electron chi connectivity index (χ4n) is 3.76. The minimum Gasteiger partial charge on any atom is -0.272 e. The highest BCUT2D eigenvalue weighted by Gasteiger charge is 2.37. The number of hydrogen-bond donors (Lipinski definition) is 0. The SMILES string of the molecule is O=C1C(c2ccccc2)C=C2c3ccccc3C=CN2N1c1ccccc1. The molecule has 0 N–H and O–H groups in total. The lowest BCUT2D eigenvalue weighted by Gasteiger charge is -2.43. The number of hydrogen-bond acceptors (Lipinski definition) is 2. The first-order chi connectivity index (χ1) is 13.3. The standard InChI is InChI=1S/C24H18N2O/c27-24-22(18-9-3-1-4-10-18)17-23-21-14-8-7-11-19(21)15-16-25(23)26(24)20-12-5-2-6-13-20/h1-17,22H. The highest BCUT2D eigenvalue weighted by Crippen LogP contribution is 2.40. The van der Waals surface area contributed by atoms with Crippen molar-refractivity contribution in [2.45, 2.75) is 5.92 Å². The molecule has 130 valence electrons. The average molecular weight is 350 g/mol. The van der Waals surface area contributed by atoms with E-state index in [1.165, 1.54) is 0 Å². The Balaban J connectivity index is 1.72. The predicted molar refractivity (Wildman–Crippen MR) is 108 cm³/mol. The molecule has 0 bridgehead atoms. The van der Waals surface area contributed by atoms with Crippen LogP contribution in [0.2, 0.25) is 0 Å². The lowest BCUT2D eigenvalue weighted by molar-refractivity contribution is -0.121. The number of rotatable bonds is 2. The number of fused-ring (bicyclic) bond motifs is 3. The summed E-state index contributed by atoms with van der Waals surface area (Å²) in [6.07, 6.45) is 6.11. The Morgan fingerprint density at radius 1 is 0.741 bits per heavy atom. The van der Waals surface area contributed by atoms with Gasteiger partial charge in [-0.3, -0.25) is 9.80 Å². The van der Waals surface area contributed by atoms with E-state index in [0.29, 0.717) is 0 Å². The minimum absolute atomic E-state index is 0.0418. The quantitative estimate of drug-likeness (QED) is 0.645. The van der Waals surface area contributed by atoms with Crippen molar-refractivity contribution in [2.75, 3.05) is 5.01 Å². The number of benzene rings is 3. The molecule has 2 aliphatic rings. The summed E-state index contributed by atoms with van der Waals surface area (Å²) in [5.41, 5.74) is 5.19. The van der Waals surface area contributed by atoms with E-state index in [0.717, 1.165) is 28.1 Å². The predicted octanol–water partition coefficient (Wildman–Crippen LogP) is 5.06. The van der Waals surface area contributed by atoms with Crippen LogP contribution >= 0.6 is 0 Å². The van der Waals surface area contributed by atoms with Gasteiger partial charge in [0.05, 0.1) is 17.3 Å². The molecule has 0 saturated heterocycles. The summed E-state index contributed by atoms with van der Waals surface area (Å²) in [6.45, 7) is 0. The molecule has 3 heteroatoms. The van der Waals surface area contributed by atoms with E-state index < -0.39 is 0 Å². The first kappa shape index (κ1) is 15.6. The van der Waals surface area contributed by atoms with Gasteiger partial charge in [0.2, 0.25) is 0 Å². The largest absolute Gasteiger partial charge is 0.272 e. The highest BCUT2D eigenvalue weighted by atomic mass is 16.2. The molecule has 3 aromatic carbocycles. The number of carbonyl (C=O) groups excluding carboxylic acids is 1. The molecule has 27 heavy (non-hydrogen) atoms. The molecule has 0 saturated carbocycles. The van der Waals surface area contributed by atoms with Gasteiger partial charge in [-0.1, -0.05) is 72.8 Å². The number of anilines is 1. The molecule has 0 fully saturated rings. The van der Waals surface area contributed by atoms with Crippen LogP contribution in [0.3, 0.4) is 0 Å². The summed E-state index contributed by atoms with van der Waals surface area (Å²) in [5, 5.41) is 3.74. The third-order valence-electron chi connectivity index (χ3n) is 5.05. The second-order valence-corrected chi connectivity index (χ2v) is 6.67. The van der Waals surface area contributed by atoms with Crippen LogP contribution < -0.4 is 5.01 Å². The lowest BCUT2D eigenvalue weighted by Crippen LogP contribution is -2.48. The topological polar surface area (TPSA) is 23.6 Å². The number of hydrazine groups is 1. The molecular weight excluding hydrogens is 332 g/mol. The van der Waals surface area contributed by atoms with E-state index in [-0.39, 0.29) is 11.8 Å². The van der Waals surface area contributed by atoms with Gasteiger partial charge in [-0.2, -0.15) is 0 Å². The van der Waals surface area contributed by atoms with Crippen molar-refractivity contribution in [3.05, 3.63) is 114 Å². The normalized spacial score (nSPS) is 18.0. The molecular formula is C24H18N2O. The van der Waals surface area contributed by atoms with E-state index in [2.05, 4.69) is 24.3 Å². The van der Waals surface area contributed by atoms with E-state index >= 15 is 0 Å². The minimum atomic E-state index is -0.322. The maximum absolute atomic E-state index is 13.5. The van der Waals surface area contributed by atoms with Gasteiger partial charge in [0.15, 0.2) is 0 Å². The molecule has 1 amide bonds. The second-order valence-electron chi connectivity index (χ2n) is 6.67. The summed E-state index contributed by atoms with van der Waals surface area (Å²) in [6, 6.07) is 28.1. The van der Waals surface area contributed by atoms with Crippen LogP contribution in [0.1, 0.15) is 22.6 Å². The lowest BCUT2D eigenvalue weighted by atomic mass is 9.91. The molecule has 0 spiro atoms. The van der Waals surface area contributed by atoms with E-state index in [9.17, 15) is 4.79 Å². The van der Waals surface area contributed by atoms with Gasteiger partial charge in [0.25, 0.3) is 5.91 Å². The Bertz CT molecular complexity index is 1050. The smallest absolute Gasteiger partial charge is 0.257 e. The van der Waals surface area contributed by atoms with Gasteiger partial charge in [-0.25, -0.2) is 5.01 Å². The molecule has 1 atom stereocenters. The first-order valence-electron chi connectivity index (χ1n) is 9.05. The molecule has 2 aliphatic heterocycles. The Kier molecular flexibility index (Phi) is 3.65. The Hall–Kier alpha value is -3.59. The molecule has 3 aromatic rings. The van der Waals surface area contributed by atoms with Crippen LogP contribution in [-0.2, 0) is 4.79 Å². The highest BCUT2D eigenvalue weighted by molar-refractivity contribution is 6.04. The summed E-state index contributed by atoms with van der Waals surface area (Å²) >= 11 is 0. The fraction of sp³-hybridized carbons (Fsp3) is 0.0417. The summed E-state index contributed by atoms with van der Waals surface area (Å²) in [4.78, 5) is 13.5. The van der Waals surface area contributed by atoms with Crippen molar-refractivity contribution in [1.82, 2.24) is 5.01 Å². The molecule has 2 heterocycles. The number of amides is 1. The third kappa shape index (κ3) is 2.56. The molecule has 1 unspecified atom stereocenters. The van der Waals surface area contributed by atoms with Crippen molar-refractivity contribution < 1.29 is 4.79 Å². The number of nitrogens with zero attached hydrogens (tertiary/aromatic N) is 2. The fourth-order valence-corrected chi connectivity index (χ4v) is 3.76. The van der Waals surface area contributed by atoms with Gasteiger partial charge in [-0.05, 0) is 35.4 Å². The van der Waals surface area contributed by atoms with Crippen molar-refractivity contribution in [2.24, 2.45) is 0 Å². The van der Waals surface area contributed by atoms with Gasteiger partial charge in [0, 0.05) is 11.8 Å². The van der Waals surface area contributed by atoms with Crippen molar-refractivity contribution in [1.29, 1.82) is 0 Å². The molecule has 0 aliphatic carbocycles. The maximum Gasteiger partial charge on any atom is 0.257 e. The van der Waals surface area contributed by atoms with Crippen LogP contribution in [0.5, 0.6) is 0 Å². The van der Waals surface area contributed by atoms with Crippen LogP contribution in [-0.4, -0.2) is 10.9 Å². The summed E-state index contributed by atoms with van der Waals surface area (Å²) in [7, 11) is 0. The number of carbonyl (C=O) groups is 1. The van der Waals surface area contributed by atoms with Gasteiger partial charge in [-0.15, -0.1) is 0 Å². The Morgan fingerprint density at radius 2 is 1.41 bits per heavy atom. The third-order valence-corrected chi connectivity index (χ3v) is 5.05. The first-order valence-corrected chi connectivity index (χ1v) is 9.05. The molecule has 3 nitrogen and oxygen atoms in total. The van der Waals surface area contributed by atoms with Crippen molar-refractivity contribution in [3.63, 3.8) is 0 Å². The van der Waals surface area contributed by atoms with Crippen molar-refractivity contribution >= 4 is 23.4 Å². The van der Waals surface area contributed by atoms with E-state index in [1.54, 1.807) is 5.01 Å². The zero-order valence-electron chi connectivity index (χ0n) is 14.7. The number of para-hydroxylation sites is 1. The summed E-state index contributed by atoms with van der Waals surface area (Å²) in [5.74, 6) is -0.280. The Labute approximate surface area is 158 Å². The monoisotopic (exact) mass is 350 g/mol. The molecule has 5 rings (SSSR count). The summed E-state index contributed by atoms with van der Waals surface area (Å²) < 4.78 is 0. The van der Waals surface area contributed by atoms with Crippen molar-refractivity contribution in [3.8, 4) is 0 Å². The zero-order chi connectivity index (χ0) is 18.2. The Morgan fingerprint density at radius 3 is 2.19 bits per heavy atom. The average Bonchev–Trinajstić information content (AvgIpc) is 2.74. The van der Waals surface area contributed by atoms with E-state index in [4.69, 9.17) is 0 Å². The van der Waals surface area contributed by atoms with Crippen LogP contribution in [0, 0.1) is 0 Å². The van der Waals surface area contributed by atoms with Crippen LogP contribution in [0.25, 0.3) is 11.8 Å². The van der Waals surface area contributed by atoms with Crippen LogP contribution in [0.15, 0.2) is 97.2 Å².